The third-order valence-corrected chi connectivity index (χ3v) is 5.53. The number of rotatable bonds is 5. The van der Waals surface area contributed by atoms with Crippen LogP contribution in [0.5, 0.6) is 0 Å². The summed E-state index contributed by atoms with van der Waals surface area (Å²) in [5.74, 6) is 0.426. The Morgan fingerprint density at radius 3 is 2.50 bits per heavy atom. The Kier molecular flexibility index (Phi) is 6.08. The van der Waals surface area contributed by atoms with Crippen molar-refractivity contribution in [3.8, 4) is 0 Å². The van der Waals surface area contributed by atoms with E-state index in [1.807, 2.05) is 30.3 Å². The van der Waals surface area contributed by atoms with E-state index in [9.17, 15) is 10.1 Å². The summed E-state index contributed by atoms with van der Waals surface area (Å²) >= 11 is 5.93. The van der Waals surface area contributed by atoms with Crippen molar-refractivity contribution in [1.29, 1.82) is 0 Å². The van der Waals surface area contributed by atoms with Crippen LogP contribution < -0.4 is 5.32 Å². The minimum atomic E-state index is -0.538. The SMILES string of the molecule is C1CC2CC1O2.COC(Nc1ncnc2cc(Cl)c([N+](=O)[O-])cc12)c1ccccc1. The maximum atomic E-state index is 11.1. The van der Waals surface area contributed by atoms with Gasteiger partial charge in [0.1, 0.15) is 17.2 Å². The molecule has 1 aromatic heterocycles. The molecule has 2 saturated heterocycles. The van der Waals surface area contributed by atoms with Crippen LogP contribution in [-0.2, 0) is 9.47 Å². The van der Waals surface area contributed by atoms with Crippen LogP contribution in [0.4, 0.5) is 11.5 Å². The van der Waals surface area contributed by atoms with Crippen molar-refractivity contribution in [2.45, 2.75) is 37.7 Å². The topological polar surface area (TPSA) is 99.4 Å². The quantitative estimate of drug-likeness (QED) is 0.351. The molecule has 3 unspecified atom stereocenters. The molecule has 0 radical (unpaired) electrons. The predicted octanol–water partition coefficient (Wildman–Crippen LogP) is 4.89. The van der Waals surface area contributed by atoms with Gasteiger partial charge in [0.15, 0.2) is 6.23 Å². The van der Waals surface area contributed by atoms with Crippen molar-refractivity contribution >= 4 is 34.0 Å². The number of ether oxygens (including phenoxy) is 2. The standard InChI is InChI=1S/C16H13ClN4O3.C5H8O/c1-24-16(10-5-3-2-4-6-10)20-15-11-7-14(21(22)23)12(17)8-13(11)18-9-19-15;1-2-5-3-4(1)6-5/h2-9,16H,1H3,(H,18,19,20);4-5H,1-3H2. The molecule has 2 aromatic carbocycles. The fraction of sp³-hybridized carbons (Fsp3) is 0.333. The fourth-order valence-electron chi connectivity index (χ4n) is 3.65. The molecule has 3 aromatic rings. The molecule has 3 atom stereocenters. The number of fused-ring (bicyclic) bond motifs is 2. The Morgan fingerprint density at radius 1 is 1.23 bits per heavy atom. The second kappa shape index (κ2) is 8.91. The minimum absolute atomic E-state index is 0.0310. The van der Waals surface area contributed by atoms with Crippen molar-refractivity contribution < 1.29 is 14.4 Å². The van der Waals surface area contributed by atoms with Gasteiger partial charge in [-0.1, -0.05) is 41.9 Å². The van der Waals surface area contributed by atoms with Gasteiger partial charge in [0.2, 0.25) is 0 Å². The highest BCUT2D eigenvalue weighted by Gasteiger charge is 2.36. The summed E-state index contributed by atoms with van der Waals surface area (Å²) in [5.41, 5.74) is 1.21. The van der Waals surface area contributed by atoms with Crippen LogP contribution in [0.15, 0.2) is 48.8 Å². The summed E-state index contributed by atoms with van der Waals surface area (Å²) in [7, 11) is 1.56. The van der Waals surface area contributed by atoms with E-state index in [1.165, 1.54) is 37.7 Å². The van der Waals surface area contributed by atoms with Crippen LogP contribution >= 0.6 is 11.6 Å². The Morgan fingerprint density at radius 2 is 1.93 bits per heavy atom. The van der Waals surface area contributed by atoms with Crippen LogP contribution in [-0.4, -0.2) is 34.2 Å². The number of nitro benzene ring substituents is 1. The third kappa shape index (κ3) is 4.35. The first-order valence-electron chi connectivity index (χ1n) is 9.63. The molecule has 9 heteroatoms. The second-order valence-corrected chi connectivity index (χ2v) is 7.57. The smallest absolute Gasteiger partial charge is 0.288 e. The van der Waals surface area contributed by atoms with Crippen LogP contribution in [0.2, 0.25) is 5.02 Å². The Hall–Kier alpha value is -2.81. The zero-order valence-corrected chi connectivity index (χ0v) is 17.1. The average Bonchev–Trinajstić information content (AvgIpc) is 3.39. The lowest BCUT2D eigenvalue weighted by Crippen LogP contribution is -2.25. The van der Waals surface area contributed by atoms with Gasteiger partial charge in [0.25, 0.3) is 5.69 Å². The summed E-state index contributed by atoms with van der Waals surface area (Å²) in [6, 6.07) is 12.3. The number of nitrogens with one attached hydrogen (secondary N) is 1. The normalized spacial score (nSPS) is 20.1. The number of halogens is 1. The first kappa shape index (κ1) is 20.5. The van der Waals surface area contributed by atoms with E-state index in [1.54, 1.807) is 7.11 Å². The largest absolute Gasteiger partial charge is 0.375 e. The highest BCUT2D eigenvalue weighted by atomic mass is 35.5. The lowest BCUT2D eigenvalue weighted by molar-refractivity contribution is -0.384. The lowest BCUT2D eigenvalue weighted by Gasteiger charge is -2.23. The van der Waals surface area contributed by atoms with Gasteiger partial charge in [0.05, 0.1) is 22.6 Å². The van der Waals surface area contributed by atoms with Gasteiger partial charge in [-0.05, 0) is 25.3 Å². The lowest BCUT2D eigenvalue weighted by atomic mass is 10.1. The molecule has 2 aliphatic heterocycles. The van der Waals surface area contributed by atoms with Gasteiger partial charge < -0.3 is 14.8 Å². The molecule has 1 saturated carbocycles. The van der Waals surface area contributed by atoms with E-state index in [2.05, 4.69) is 15.3 Å². The third-order valence-electron chi connectivity index (χ3n) is 5.23. The number of hydrogen-bond acceptors (Lipinski definition) is 7. The molecule has 30 heavy (non-hydrogen) atoms. The molecule has 156 valence electrons. The maximum Gasteiger partial charge on any atom is 0.288 e. The number of hydrogen-bond donors (Lipinski definition) is 1. The zero-order valence-electron chi connectivity index (χ0n) is 16.3. The van der Waals surface area contributed by atoms with Crippen molar-refractivity contribution in [2.24, 2.45) is 0 Å². The zero-order chi connectivity index (χ0) is 21.1. The van der Waals surface area contributed by atoms with Gasteiger partial charge in [-0.15, -0.1) is 0 Å². The van der Waals surface area contributed by atoms with E-state index in [4.69, 9.17) is 21.1 Å². The Balaban J connectivity index is 0.000000305. The van der Waals surface area contributed by atoms with Gasteiger partial charge in [-0.2, -0.15) is 0 Å². The molecule has 3 fully saturated rings. The highest BCUT2D eigenvalue weighted by Crippen LogP contribution is 2.36. The van der Waals surface area contributed by atoms with Gasteiger partial charge in [-0.25, -0.2) is 9.97 Å². The molecule has 0 spiro atoms. The van der Waals surface area contributed by atoms with E-state index in [-0.39, 0.29) is 10.7 Å². The number of nitrogens with zero attached hydrogens (tertiary/aromatic N) is 3. The van der Waals surface area contributed by atoms with E-state index in [0.29, 0.717) is 28.9 Å². The summed E-state index contributed by atoms with van der Waals surface area (Å²) in [6.45, 7) is 0. The van der Waals surface area contributed by atoms with Crippen LogP contribution in [0.1, 0.15) is 31.1 Å². The molecular weight excluding hydrogens is 408 g/mol. The summed E-state index contributed by atoms with van der Waals surface area (Å²) in [4.78, 5) is 18.9. The van der Waals surface area contributed by atoms with Crippen molar-refractivity contribution in [2.75, 3.05) is 12.4 Å². The second-order valence-electron chi connectivity index (χ2n) is 7.16. The van der Waals surface area contributed by atoms with E-state index >= 15 is 0 Å². The molecule has 3 heterocycles. The monoisotopic (exact) mass is 428 g/mol. The maximum absolute atomic E-state index is 11.1. The molecule has 0 amide bonds. The minimum Gasteiger partial charge on any atom is -0.375 e. The molecular formula is C21H21ClN4O4. The van der Waals surface area contributed by atoms with Crippen LogP contribution in [0.3, 0.4) is 0 Å². The molecule has 6 rings (SSSR count). The number of anilines is 1. The first-order valence-corrected chi connectivity index (χ1v) is 10.0. The summed E-state index contributed by atoms with van der Waals surface area (Å²) in [6.07, 6.45) is 6.32. The van der Waals surface area contributed by atoms with Crippen LogP contribution in [0.25, 0.3) is 10.9 Å². The fourth-order valence-corrected chi connectivity index (χ4v) is 3.88. The number of benzene rings is 2. The number of nitro groups is 1. The van der Waals surface area contributed by atoms with Crippen molar-refractivity contribution in [3.05, 3.63) is 69.5 Å². The average molecular weight is 429 g/mol. The Bertz CT molecular complexity index is 1030. The molecule has 2 bridgehead atoms. The first-order chi connectivity index (χ1) is 14.5. The molecule has 3 aliphatic rings. The van der Waals surface area contributed by atoms with Gasteiger partial charge in [-0.3, -0.25) is 10.1 Å². The number of aromatic nitrogens is 2. The Labute approximate surface area is 178 Å². The van der Waals surface area contributed by atoms with Gasteiger partial charge in [0, 0.05) is 24.1 Å². The van der Waals surface area contributed by atoms with E-state index < -0.39 is 11.2 Å². The van der Waals surface area contributed by atoms with Crippen molar-refractivity contribution in [1.82, 2.24) is 9.97 Å². The summed E-state index contributed by atoms with van der Waals surface area (Å²) < 4.78 is 10.7. The number of methoxy groups -OCH3 is 1. The highest BCUT2D eigenvalue weighted by molar-refractivity contribution is 6.33. The molecule has 1 aliphatic carbocycles. The van der Waals surface area contributed by atoms with Crippen LogP contribution in [0, 0.1) is 10.1 Å². The van der Waals surface area contributed by atoms with Gasteiger partial charge >= 0.3 is 0 Å². The molecule has 8 nitrogen and oxygen atoms in total. The van der Waals surface area contributed by atoms with Crippen molar-refractivity contribution in [3.63, 3.8) is 0 Å². The predicted molar refractivity (Wildman–Crippen MR) is 114 cm³/mol. The summed E-state index contributed by atoms with van der Waals surface area (Å²) in [5, 5.41) is 14.8. The molecule has 1 N–H and O–H groups in total. The van der Waals surface area contributed by atoms with E-state index in [0.717, 1.165) is 5.56 Å².